The molecule has 0 spiro atoms. The number of hydrogen-bond donors (Lipinski definition) is 3. The number of fused-ring (bicyclic) bond motifs is 2. The first kappa shape index (κ1) is 21.9. The van der Waals surface area contributed by atoms with E-state index in [4.69, 9.17) is 22.1 Å². The third-order valence-electron chi connectivity index (χ3n) is 5.71. The fourth-order valence-electron chi connectivity index (χ4n) is 3.98. The van der Waals surface area contributed by atoms with Crippen LogP contribution in [0.2, 0.25) is 5.02 Å². The second-order valence-corrected chi connectivity index (χ2v) is 8.16. The standard InChI is InChI=1S/C22H22ClN9O2/c1-12(19-29-22(33)18-15(23)5-6-32(18)30-19)31(7-8-34-2)21-17-14(10-26-20(17)27-11-28-21)13-3-4-16(24)25-9-13/h3-6,9-12H,7-8H2,1-2H3,(H2,24,25)(H,26,27,28)(H,29,30,33). The number of nitrogens with one attached hydrogen (secondary N) is 2. The zero-order chi connectivity index (χ0) is 23.8. The second kappa shape index (κ2) is 8.76. The summed E-state index contributed by atoms with van der Waals surface area (Å²) in [4.78, 5) is 34.0. The van der Waals surface area contributed by atoms with Gasteiger partial charge in [-0.05, 0) is 25.1 Å². The predicted octanol–water partition coefficient (Wildman–Crippen LogP) is 2.81. The van der Waals surface area contributed by atoms with Crippen molar-refractivity contribution < 1.29 is 4.74 Å². The van der Waals surface area contributed by atoms with Gasteiger partial charge in [-0.15, -0.1) is 0 Å². The van der Waals surface area contributed by atoms with Crippen LogP contribution in [0.4, 0.5) is 11.6 Å². The highest BCUT2D eigenvalue weighted by Gasteiger charge is 2.25. The molecule has 4 N–H and O–H groups in total. The summed E-state index contributed by atoms with van der Waals surface area (Å²) < 4.78 is 6.85. The summed E-state index contributed by atoms with van der Waals surface area (Å²) in [6.45, 7) is 2.86. The minimum Gasteiger partial charge on any atom is -0.384 e. The van der Waals surface area contributed by atoms with Crippen molar-refractivity contribution in [2.24, 2.45) is 0 Å². The molecule has 0 aliphatic heterocycles. The Morgan fingerprint density at radius 3 is 2.88 bits per heavy atom. The molecule has 0 aliphatic carbocycles. The molecule has 1 atom stereocenters. The van der Waals surface area contributed by atoms with Crippen LogP contribution in [0.5, 0.6) is 0 Å². The van der Waals surface area contributed by atoms with Gasteiger partial charge in [0.25, 0.3) is 5.56 Å². The second-order valence-electron chi connectivity index (χ2n) is 7.75. The summed E-state index contributed by atoms with van der Waals surface area (Å²) in [5.41, 5.74) is 8.16. The number of nitrogens with zero attached hydrogens (tertiary/aromatic N) is 6. The summed E-state index contributed by atoms with van der Waals surface area (Å²) >= 11 is 6.13. The Morgan fingerprint density at radius 2 is 2.12 bits per heavy atom. The summed E-state index contributed by atoms with van der Waals surface area (Å²) in [6, 6.07) is 4.91. The smallest absolute Gasteiger partial charge is 0.276 e. The van der Waals surface area contributed by atoms with E-state index in [1.54, 1.807) is 31.6 Å². The maximum atomic E-state index is 12.7. The van der Waals surface area contributed by atoms with E-state index in [-0.39, 0.29) is 11.6 Å². The lowest BCUT2D eigenvalue weighted by Gasteiger charge is -2.30. The van der Waals surface area contributed by atoms with Crippen LogP contribution in [0.3, 0.4) is 0 Å². The summed E-state index contributed by atoms with van der Waals surface area (Å²) in [7, 11) is 1.63. The van der Waals surface area contributed by atoms with Crippen molar-refractivity contribution >= 4 is 39.8 Å². The van der Waals surface area contributed by atoms with E-state index < -0.39 is 0 Å². The molecule has 5 rings (SSSR count). The fourth-order valence-corrected chi connectivity index (χ4v) is 4.20. The van der Waals surface area contributed by atoms with Gasteiger partial charge in [0.2, 0.25) is 0 Å². The van der Waals surface area contributed by atoms with E-state index in [1.807, 2.05) is 24.1 Å². The SMILES string of the molecule is COCCN(c1ncnc2[nH]cc(-c3ccc(N)nc3)c12)C(C)c1nn2ccc(Cl)c2c(=O)[nH]1. The van der Waals surface area contributed by atoms with Gasteiger partial charge < -0.3 is 25.3 Å². The van der Waals surface area contributed by atoms with E-state index in [9.17, 15) is 4.79 Å². The number of aromatic nitrogens is 7. The molecule has 174 valence electrons. The van der Waals surface area contributed by atoms with Crippen LogP contribution in [-0.4, -0.2) is 54.8 Å². The highest BCUT2D eigenvalue weighted by molar-refractivity contribution is 6.33. The molecular weight excluding hydrogens is 458 g/mol. The number of rotatable bonds is 7. The van der Waals surface area contributed by atoms with Gasteiger partial charge in [-0.3, -0.25) is 4.79 Å². The molecular formula is C22H22ClN9O2. The number of nitrogen functional groups attached to an aromatic ring is 1. The lowest BCUT2D eigenvalue weighted by molar-refractivity contribution is 0.203. The van der Waals surface area contributed by atoms with E-state index in [0.29, 0.717) is 46.8 Å². The molecule has 34 heavy (non-hydrogen) atoms. The van der Waals surface area contributed by atoms with Crippen LogP contribution in [0.15, 0.2) is 47.9 Å². The molecule has 0 amide bonds. The average molecular weight is 480 g/mol. The van der Waals surface area contributed by atoms with Crippen molar-refractivity contribution in [1.82, 2.24) is 34.5 Å². The van der Waals surface area contributed by atoms with Crippen LogP contribution in [0, 0.1) is 0 Å². The van der Waals surface area contributed by atoms with Crippen molar-refractivity contribution in [2.75, 3.05) is 30.9 Å². The Balaban J connectivity index is 1.65. The Labute approximate surface area is 198 Å². The Hall–Kier alpha value is -3.96. The molecule has 0 aromatic carbocycles. The van der Waals surface area contributed by atoms with Gasteiger partial charge in [0.05, 0.1) is 23.1 Å². The van der Waals surface area contributed by atoms with Gasteiger partial charge in [0.1, 0.15) is 29.1 Å². The zero-order valence-corrected chi connectivity index (χ0v) is 19.2. The van der Waals surface area contributed by atoms with Gasteiger partial charge >= 0.3 is 0 Å². The molecule has 0 fully saturated rings. The Bertz CT molecular complexity index is 1520. The quantitative estimate of drug-likeness (QED) is 0.323. The molecule has 5 aromatic heterocycles. The number of aromatic amines is 2. The van der Waals surface area contributed by atoms with Gasteiger partial charge in [-0.2, -0.15) is 5.10 Å². The third kappa shape index (κ3) is 3.74. The van der Waals surface area contributed by atoms with Crippen molar-refractivity contribution in [3.8, 4) is 11.1 Å². The highest BCUT2D eigenvalue weighted by Crippen LogP contribution is 2.36. The summed E-state index contributed by atoms with van der Waals surface area (Å²) in [5, 5.41) is 5.74. The lowest BCUT2D eigenvalue weighted by Crippen LogP contribution is -2.34. The van der Waals surface area contributed by atoms with Gasteiger partial charge in [-0.25, -0.2) is 19.5 Å². The first-order chi connectivity index (χ1) is 16.5. The van der Waals surface area contributed by atoms with E-state index in [1.165, 1.54) is 10.8 Å². The fraction of sp³-hybridized carbons (Fsp3) is 0.227. The molecule has 0 saturated heterocycles. The molecule has 11 nitrogen and oxygen atoms in total. The Morgan fingerprint density at radius 1 is 1.26 bits per heavy atom. The van der Waals surface area contributed by atoms with Crippen LogP contribution in [0.1, 0.15) is 18.8 Å². The minimum absolute atomic E-state index is 0.300. The molecule has 5 aromatic rings. The van der Waals surface area contributed by atoms with Crippen LogP contribution in [-0.2, 0) is 4.74 Å². The van der Waals surface area contributed by atoms with Crippen LogP contribution in [0.25, 0.3) is 27.7 Å². The molecule has 0 saturated carbocycles. The normalized spacial score (nSPS) is 12.4. The van der Waals surface area contributed by atoms with Gasteiger partial charge in [0, 0.05) is 43.4 Å². The maximum Gasteiger partial charge on any atom is 0.276 e. The topological polar surface area (TPSA) is 143 Å². The first-order valence-electron chi connectivity index (χ1n) is 10.5. The summed E-state index contributed by atoms with van der Waals surface area (Å²) in [6.07, 6.45) is 6.73. The van der Waals surface area contributed by atoms with Gasteiger partial charge in [0.15, 0.2) is 5.82 Å². The maximum absolute atomic E-state index is 12.7. The van der Waals surface area contributed by atoms with E-state index >= 15 is 0 Å². The zero-order valence-electron chi connectivity index (χ0n) is 18.5. The molecule has 0 aliphatic rings. The minimum atomic E-state index is -0.362. The Kier molecular flexibility index (Phi) is 5.64. The van der Waals surface area contributed by atoms with Crippen LogP contribution >= 0.6 is 11.6 Å². The molecule has 1 unspecified atom stereocenters. The first-order valence-corrected chi connectivity index (χ1v) is 10.9. The number of methoxy groups -OCH3 is 1. The number of pyridine rings is 1. The highest BCUT2D eigenvalue weighted by atomic mass is 35.5. The molecule has 12 heteroatoms. The number of ether oxygens (including phenoxy) is 1. The van der Waals surface area contributed by atoms with E-state index in [0.717, 1.165) is 16.5 Å². The molecule has 0 radical (unpaired) electrons. The van der Waals surface area contributed by atoms with Gasteiger partial charge in [-0.1, -0.05) is 11.6 Å². The van der Waals surface area contributed by atoms with Crippen molar-refractivity contribution in [1.29, 1.82) is 0 Å². The third-order valence-corrected chi connectivity index (χ3v) is 6.01. The average Bonchev–Trinajstić information content (AvgIpc) is 3.44. The lowest BCUT2D eigenvalue weighted by atomic mass is 10.1. The number of hydrogen-bond acceptors (Lipinski definition) is 8. The number of halogens is 1. The predicted molar refractivity (Wildman–Crippen MR) is 130 cm³/mol. The monoisotopic (exact) mass is 479 g/mol. The van der Waals surface area contributed by atoms with Crippen molar-refractivity contribution in [2.45, 2.75) is 13.0 Å². The largest absolute Gasteiger partial charge is 0.384 e. The number of anilines is 2. The molecule has 0 bridgehead atoms. The van der Waals surface area contributed by atoms with E-state index in [2.05, 4.69) is 30.0 Å². The number of nitrogens with two attached hydrogens (primary N) is 1. The molecule has 5 heterocycles. The summed E-state index contributed by atoms with van der Waals surface area (Å²) in [5.74, 6) is 1.56. The number of H-pyrrole nitrogens is 2. The van der Waals surface area contributed by atoms with Crippen LogP contribution < -0.4 is 16.2 Å². The van der Waals surface area contributed by atoms with Crippen molar-refractivity contribution in [3.63, 3.8) is 0 Å². The van der Waals surface area contributed by atoms with Crippen molar-refractivity contribution in [3.05, 3.63) is 64.3 Å².